The monoisotopic (exact) mass is 381 g/mol. The van der Waals surface area contributed by atoms with Crippen LogP contribution in [0.2, 0.25) is 0 Å². The number of nitrogens with zero attached hydrogens (tertiary/aromatic N) is 1. The van der Waals surface area contributed by atoms with Crippen LogP contribution in [-0.2, 0) is 11.2 Å². The van der Waals surface area contributed by atoms with Crippen molar-refractivity contribution < 1.29 is 14.8 Å². The molecule has 0 spiro atoms. The predicted octanol–water partition coefficient (Wildman–Crippen LogP) is 2.61. The van der Waals surface area contributed by atoms with Crippen molar-refractivity contribution >= 4 is 11.8 Å². The molecule has 2 atom stereocenters. The van der Waals surface area contributed by atoms with Crippen LogP contribution in [0.5, 0.6) is 0 Å². The van der Waals surface area contributed by atoms with Gasteiger partial charge in [-0.3, -0.25) is 14.8 Å². The third-order valence-corrected chi connectivity index (χ3v) is 5.37. The second-order valence-corrected chi connectivity index (χ2v) is 7.10. The SMILES string of the molecule is CCCc1ccc(-c2ccccc2C(=O)N2CCC(NC)C2C(=O)NO)cc1. The number of nitrogens with one attached hydrogen (secondary N) is 2. The highest BCUT2D eigenvalue weighted by Crippen LogP contribution is 2.28. The van der Waals surface area contributed by atoms with Crippen molar-refractivity contribution in [1.29, 1.82) is 0 Å². The van der Waals surface area contributed by atoms with E-state index in [9.17, 15) is 9.59 Å². The molecule has 1 heterocycles. The van der Waals surface area contributed by atoms with E-state index in [1.807, 2.05) is 30.3 Å². The Labute approximate surface area is 165 Å². The third-order valence-electron chi connectivity index (χ3n) is 5.37. The fraction of sp³-hybridized carbons (Fsp3) is 0.364. The molecule has 6 heteroatoms. The molecule has 0 radical (unpaired) electrons. The minimum atomic E-state index is -0.748. The average molecular weight is 381 g/mol. The van der Waals surface area contributed by atoms with Crippen LogP contribution >= 0.6 is 0 Å². The van der Waals surface area contributed by atoms with Gasteiger partial charge in [0.2, 0.25) is 0 Å². The maximum atomic E-state index is 13.3. The zero-order chi connectivity index (χ0) is 20.1. The molecule has 0 aliphatic carbocycles. The number of aryl methyl sites for hydroxylation is 1. The topological polar surface area (TPSA) is 81.7 Å². The van der Waals surface area contributed by atoms with E-state index in [-0.39, 0.29) is 11.9 Å². The van der Waals surface area contributed by atoms with Crippen LogP contribution in [0.25, 0.3) is 11.1 Å². The molecule has 2 aromatic carbocycles. The molecule has 6 nitrogen and oxygen atoms in total. The Hall–Kier alpha value is -2.70. The summed E-state index contributed by atoms with van der Waals surface area (Å²) in [5, 5.41) is 12.2. The van der Waals surface area contributed by atoms with E-state index in [0.29, 0.717) is 18.5 Å². The molecular weight excluding hydrogens is 354 g/mol. The van der Waals surface area contributed by atoms with Gasteiger partial charge in [-0.15, -0.1) is 0 Å². The van der Waals surface area contributed by atoms with Crippen LogP contribution in [0.3, 0.4) is 0 Å². The molecule has 3 N–H and O–H groups in total. The Morgan fingerprint density at radius 1 is 1.14 bits per heavy atom. The van der Waals surface area contributed by atoms with Gasteiger partial charge in [-0.1, -0.05) is 55.8 Å². The number of carbonyl (C=O) groups excluding carboxylic acids is 2. The minimum absolute atomic E-state index is 0.198. The fourth-order valence-corrected chi connectivity index (χ4v) is 3.93. The number of hydrogen-bond acceptors (Lipinski definition) is 4. The van der Waals surface area contributed by atoms with Crippen LogP contribution in [-0.4, -0.2) is 47.6 Å². The third kappa shape index (κ3) is 3.93. The Balaban J connectivity index is 1.93. The lowest BCUT2D eigenvalue weighted by Crippen LogP contribution is -2.52. The van der Waals surface area contributed by atoms with Gasteiger partial charge in [0.05, 0.1) is 0 Å². The Kier molecular flexibility index (Phi) is 6.44. The summed E-state index contributed by atoms with van der Waals surface area (Å²) in [6.07, 6.45) is 2.76. The molecule has 1 aliphatic rings. The normalized spacial score (nSPS) is 18.9. The summed E-state index contributed by atoms with van der Waals surface area (Å²) in [4.78, 5) is 27.1. The Bertz CT molecular complexity index is 835. The maximum absolute atomic E-state index is 13.3. The van der Waals surface area contributed by atoms with Crippen molar-refractivity contribution in [3.8, 4) is 11.1 Å². The molecule has 0 bridgehead atoms. The molecule has 2 aromatic rings. The van der Waals surface area contributed by atoms with Gasteiger partial charge < -0.3 is 10.2 Å². The van der Waals surface area contributed by atoms with Crippen molar-refractivity contribution in [3.05, 3.63) is 59.7 Å². The molecule has 1 aliphatic heterocycles. The zero-order valence-electron chi connectivity index (χ0n) is 16.3. The molecule has 28 heavy (non-hydrogen) atoms. The minimum Gasteiger partial charge on any atom is -0.325 e. The lowest BCUT2D eigenvalue weighted by atomic mass is 9.97. The van der Waals surface area contributed by atoms with Crippen molar-refractivity contribution in [2.24, 2.45) is 0 Å². The summed E-state index contributed by atoms with van der Waals surface area (Å²) < 4.78 is 0. The summed E-state index contributed by atoms with van der Waals surface area (Å²) in [5.74, 6) is -0.786. The molecule has 148 valence electrons. The average Bonchev–Trinajstić information content (AvgIpc) is 3.17. The van der Waals surface area contributed by atoms with Gasteiger partial charge in [0.15, 0.2) is 0 Å². The molecule has 1 saturated heterocycles. The first kappa shape index (κ1) is 20.0. The van der Waals surface area contributed by atoms with Crippen LogP contribution in [0.1, 0.15) is 35.7 Å². The summed E-state index contributed by atoms with van der Waals surface area (Å²) in [7, 11) is 1.75. The smallest absolute Gasteiger partial charge is 0.267 e. The van der Waals surface area contributed by atoms with Crippen LogP contribution in [0.4, 0.5) is 0 Å². The molecule has 0 saturated carbocycles. The number of rotatable bonds is 6. The number of likely N-dealkylation sites (tertiary alicyclic amines) is 1. The molecule has 1 fully saturated rings. The lowest BCUT2D eigenvalue weighted by molar-refractivity contribution is -0.133. The summed E-state index contributed by atoms with van der Waals surface area (Å²) in [6, 6.07) is 14.8. The highest BCUT2D eigenvalue weighted by atomic mass is 16.5. The standard InChI is InChI=1S/C22H27N3O3/c1-3-6-15-9-11-16(12-10-15)17-7-4-5-8-18(17)22(27)25-14-13-19(23-2)20(25)21(26)24-28/h4-5,7-12,19-20,23,28H,3,6,13-14H2,1-2H3,(H,24,26). The molecule has 2 amide bonds. The van der Waals surface area contributed by atoms with Gasteiger partial charge in [0.1, 0.15) is 6.04 Å². The quantitative estimate of drug-likeness (QED) is 0.531. The van der Waals surface area contributed by atoms with Crippen molar-refractivity contribution in [1.82, 2.24) is 15.7 Å². The van der Waals surface area contributed by atoms with Gasteiger partial charge in [-0.25, -0.2) is 5.48 Å². The number of hydrogen-bond donors (Lipinski definition) is 3. The lowest BCUT2D eigenvalue weighted by Gasteiger charge is -2.27. The first-order valence-corrected chi connectivity index (χ1v) is 9.71. The predicted molar refractivity (Wildman–Crippen MR) is 108 cm³/mol. The largest absolute Gasteiger partial charge is 0.325 e. The van der Waals surface area contributed by atoms with Gasteiger partial charge in [-0.2, -0.15) is 0 Å². The Morgan fingerprint density at radius 2 is 1.86 bits per heavy atom. The van der Waals surface area contributed by atoms with E-state index in [4.69, 9.17) is 5.21 Å². The molecule has 3 rings (SSSR count). The van der Waals surface area contributed by atoms with Gasteiger partial charge in [0.25, 0.3) is 11.8 Å². The van der Waals surface area contributed by atoms with E-state index in [0.717, 1.165) is 24.0 Å². The summed E-state index contributed by atoms with van der Waals surface area (Å²) in [5.41, 5.74) is 5.33. The van der Waals surface area contributed by atoms with E-state index < -0.39 is 11.9 Å². The summed E-state index contributed by atoms with van der Waals surface area (Å²) >= 11 is 0. The van der Waals surface area contributed by atoms with Crippen molar-refractivity contribution in [2.75, 3.05) is 13.6 Å². The first-order valence-electron chi connectivity index (χ1n) is 9.71. The summed E-state index contributed by atoms with van der Waals surface area (Å²) in [6.45, 7) is 2.60. The number of amides is 2. The fourth-order valence-electron chi connectivity index (χ4n) is 3.93. The van der Waals surface area contributed by atoms with E-state index in [2.05, 4.69) is 24.4 Å². The maximum Gasteiger partial charge on any atom is 0.267 e. The molecule has 2 unspecified atom stereocenters. The second-order valence-electron chi connectivity index (χ2n) is 7.10. The number of carbonyl (C=O) groups is 2. The second kappa shape index (κ2) is 8.99. The highest BCUT2D eigenvalue weighted by Gasteiger charge is 2.41. The van der Waals surface area contributed by atoms with Gasteiger partial charge >= 0.3 is 0 Å². The molecular formula is C22H27N3O3. The van der Waals surface area contributed by atoms with E-state index in [1.165, 1.54) is 10.5 Å². The number of likely N-dealkylation sites (N-methyl/N-ethyl adjacent to an activating group) is 1. The van der Waals surface area contributed by atoms with E-state index in [1.54, 1.807) is 18.6 Å². The van der Waals surface area contributed by atoms with Crippen LogP contribution in [0, 0.1) is 0 Å². The van der Waals surface area contributed by atoms with Crippen LogP contribution in [0.15, 0.2) is 48.5 Å². The first-order chi connectivity index (χ1) is 13.6. The number of hydroxylamine groups is 1. The molecule has 0 aromatic heterocycles. The van der Waals surface area contributed by atoms with Crippen LogP contribution < -0.4 is 10.8 Å². The number of benzene rings is 2. The Morgan fingerprint density at radius 3 is 2.50 bits per heavy atom. The van der Waals surface area contributed by atoms with Gasteiger partial charge in [0, 0.05) is 18.2 Å². The van der Waals surface area contributed by atoms with E-state index >= 15 is 0 Å². The van der Waals surface area contributed by atoms with Crippen molar-refractivity contribution in [2.45, 2.75) is 38.3 Å². The highest BCUT2D eigenvalue weighted by molar-refractivity contribution is 6.03. The van der Waals surface area contributed by atoms with Gasteiger partial charge in [-0.05, 0) is 42.6 Å². The zero-order valence-corrected chi connectivity index (χ0v) is 16.3. The van der Waals surface area contributed by atoms with Crippen molar-refractivity contribution in [3.63, 3.8) is 0 Å².